The molecule has 1 N–H and O–H groups in total. The molecule has 0 aromatic carbocycles. The van der Waals surface area contributed by atoms with E-state index in [-0.39, 0.29) is 12.0 Å². The maximum Gasteiger partial charge on any atom is 0.234 e. The SMILES string of the molecule is CC(C)(C)CCN1CCN(CC(=O)NCC2CCCO2)CC1. The summed E-state index contributed by atoms with van der Waals surface area (Å²) in [6.45, 7) is 14.2. The lowest BCUT2D eigenvalue weighted by Crippen LogP contribution is -2.50. The predicted molar refractivity (Wildman–Crippen MR) is 88.9 cm³/mol. The van der Waals surface area contributed by atoms with Crippen molar-refractivity contribution in [3.63, 3.8) is 0 Å². The summed E-state index contributed by atoms with van der Waals surface area (Å²) in [5, 5.41) is 3.01. The molecule has 0 aromatic heterocycles. The van der Waals surface area contributed by atoms with Gasteiger partial charge in [-0.05, 0) is 31.2 Å². The standard InChI is InChI=1S/C17H33N3O2/c1-17(2,3)6-7-19-8-10-20(11-9-19)14-16(21)18-13-15-5-4-12-22-15/h15H,4-14H2,1-3H3,(H,18,21). The topological polar surface area (TPSA) is 44.8 Å². The lowest BCUT2D eigenvalue weighted by molar-refractivity contribution is -0.123. The van der Waals surface area contributed by atoms with Crippen LogP contribution in [0.3, 0.4) is 0 Å². The fourth-order valence-electron chi connectivity index (χ4n) is 2.96. The monoisotopic (exact) mass is 311 g/mol. The number of amides is 1. The third-order valence-electron chi connectivity index (χ3n) is 4.56. The van der Waals surface area contributed by atoms with Gasteiger partial charge in [0.25, 0.3) is 0 Å². The quantitative estimate of drug-likeness (QED) is 0.804. The average molecular weight is 311 g/mol. The maximum atomic E-state index is 12.0. The van der Waals surface area contributed by atoms with Crippen molar-refractivity contribution in [2.24, 2.45) is 5.41 Å². The number of carbonyl (C=O) groups is 1. The van der Waals surface area contributed by atoms with Gasteiger partial charge in [0, 0.05) is 39.3 Å². The summed E-state index contributed by atoms with van der Waals surface area (Å²) in [6, 6.07) is 0. The van der Waals surface area contributed by atoms with Crippen LogP contribution in [0.15, 0.2) is 0 Å². The zero-order valence-corrected chi connectivity index (χ0v) is 14.6. The highest BCUT2D eigenvalue weighted by Crippen LogP contribution is 2.19. The summed E-state index contributed by atoms with van der Waals surface area (Å²) >= 11 is 0. The third-order valence-corrected chi connectivity index (χ3v) is 4.56. The van der Waals surface area contributed by atoms with Gasteiger partial charge in [0.2, 0.25) is 5.91 Å². The van der Waals surface area contributed by atoms with E-state index in [2.05, 4.69) is 35.9 Å². The minimum atomic E-state index is 0.138. The van der Waals surface area contributed by atoms with Crippen molar-refractivity contribution >= 4 is 5.91 Å². The van der Waals surface area contributed by atoms with E-state index in [0.717, 1.165) is 45.6 Å². The Morgan fingerprint density at radius 2 is 1.86 bits per heavy atom. The minimum absolute atomic E-state index is 0.138. The summed E-state index contributed by atoms with van der Waals surface area (Å²) in [5.74, 6) is 0.138. The van der Waals surface area contributed by atoms with E-state index in [1.165, 1.54) is 13.0 Å². The molecule has 0 radical (unpaired) electrons. The molecule has 1 unspecified atom stereocenters. The Balaban J connectivity index is 1.57. The number of ether oxygens (including phenoxy) is 1. The largest absolute Gasteiger partial charge is 0.376 e. The number of nitrogens with one attached hydrogen (secondary N) is 1. The highest BCUT2D eigenvalue weighted by Gasteiger charge is 2.21. The molecule has 128 valence electrons. The molecule has 1 atom stereocenters. The van der Waals surface area contributed by atoms with Gasteiger partial charge in [0.15, 0.2) is 0 Å². The summed E-state index contributed by atoms with van der Waals surface area (Å²) in [7, 11) is 0. The van der Waals surface area contributed by atoms with Crippen molar-refractivity contribution in [2.75, 3.05) is 52.4 Å². The third kappa shape index (κ3) is 6.63. The highest BCUT2D eigenvalue weighted by molar-refractivity contribution is 5.78. The number of carbonyl (C=O) groups excluding carboxylic acids is 1. The second kappa shape index (κ2) is 8.27. The first-order chi connectivity index (χ1) is 10.4. The van der Waals surface area contributed by atoms with Crippen LogP contribution in [0.1, 0.15) is 40.0 Å². The number of hydrogen-bond acceptors (Lipinski definition) is 4. The molecule has 0 aliphatic carbocycles. The Kier molecular flexibility index (Phi) is 6.66. The molecule has 2 saturated heterocycles. The van der Waals surface area contributed by atoms with E-state index in [0.29, 0.717) is 18.5 Å². The van der Waals surface area contributed by atoms with Crippen LogP contribution in [0.4, 0.5) is 0 Å². The van der Waals surface area contributed by atoms with Crippen molar-refractivity contribution in [1.82, 2.24) is 15.1 Å². The fraction of sp³-hybridized carbons (Fsp3) is 0.941. The summed E-state index contributed by atoms with van der Waals surface area (Å²) < 4.78 is 5.53. The Morgan fingerprint density at radius 3 is 2.45 bits per heavy atom. The van der Waals surface area contributed by atoms with Crippen LogP contribution < -0.4 is 5.32 Å². The molecule has 2 rings (SSSR count). The number of hydrogen-bond donors (Lipinski definition) is 1. The van der Waals surface area contributed by atoms with E-state index in [4.69, 9.17) is 4.74 Å². The molecule has 2 heterocycles. The Labute approximate surface area is 135 Å². The lowest BCUT2D eigenvalue weighted by Gasteiger charge is -2.35. The van der Waals surface area contributed by atoms with Gasteiger partial charge in [-0.1, -0.05) is 20.8 Å². The first-order valence-corrected chi connectivity index (χ1v) is 8.75. The lowest BCUT2D eigenvalue weighted by atomic mass is 9.92. The molecule has 0 spiro atoms. The number of piperazine rings is 1. The number of rotatable bonds is 6. The second-order valence-corrected chi connectivity index (χ2v) is 7.87. The Hall–Kier alpha value is -0.650. The van der Waals surface area contributed by atoms with E-state index in [1.807, 2.05) is 0 Å². The summed E-state index contributed by atoms with van der Waals surface area (Å²) in [4.78, 5) is 16.8. The first-order valence-electron chi connectivity index (χ1n) is 8.75. The van der Waals surface area contributed by atoms with Crippen LogP contribution in [0.25, 0.3) is 0 Å². The molecule has 5 nitrogen and oxygen atoms in total. The van der Waals surface area contributed by atoms with Crippen LogP contribution in [-0.4, -0.2) is 74.2 Å². The van der Waals surface area contributed by atoms with E-state index < -0.39 is 0 Å². The molecular weight excluding hydrogens is 278 g/mol. The van der Waals surface area contributed by atoms with Crippen LogP contribution >= 0.6 is 0 Å². The van der Waals surface area contributed by atoms with Crippen LogP contribution in [0.5, 0.6) is 0 Å². The molecule has 2 fully saturated rings. The van der Waals surface area contributed by atoms with Gasteiger partial charge in [-0.15, -0.1) is 0 Å². The zero-order valence-electron chi connectivity index (χ0n) is 14.6. The average Bonchev–Trinajstić information content (AvgIpc) is 2.97. The van der Waals surface area contributed by atoms with Crippen molar-refractivity contribution in [3.05, 3.63) is 0 Å². The summed E-state index contributed by atoms with van der Waals surface area (Å²) in [6.07, 6.45) is 3.66. The van der Waals surface area contributed by atoms with Gasteiger partial charge < -0.3 is 15.0 Å². The smallest absolute Gasteiger partial charge is 0.234 e. The Bertz CT molecular complexity index is 340. The fourth-order valence-corrected chi connectivity index (χ4v) is 2.96. The van der Waals surface area contributed by atoms with Crippen LogP contribution in [-0.2, 0) is 9.53 Å². The Morgan fingerprint density at radius 1 is 1.18 bits per heavy atom. The molecule has 2 aliphatic rings. The van der Waals surface area contributed by atoms with E-state index in [9.17, 15) is 4.79 Å². The molecule has 0 aromatic rings. The van der Waals surface area contributed by atoms with Gasteiger partial charge in [-0.25, -0.2) is 0 Å². The zero-order chi connectivity index (χ0) is 16.0. The van der Waals surface area contributed by atoms with E-state index >= 15 is 0 Å². The van der Waals surface area contributed by atoms with Crippen molar-refractivity contribution < 1.29 is 9.53 Å². The van der Waals surface area contributed by atoms with Crippen LogP contribution in [0.2, 0.25) is 0 Å². The van der Waals surface area contributed by atoms with Crippen LogP contribution in [0, 0.1) is 5.41 Å². The van der Waals surface area contributed by atoms with Gasteiger partial charge in [0.05, 0.1) is 12.6 Å². The predicted octanol–water partition coefficient (Wildman–Crippen LogP) is 1.34. The molecule has 22 heavy (non-hydrogen) atoms. The molecule has 2 aliphatic heterocycles. The van der Waals surface area contributed by atoms with Crippen molar-refractivity contribution in [2.45, 2.75) is 46.1 Å². The molecule has 1 amide bonds. The highest BCUT2D eigenvalue weighted by atomic mass is 16.5. The van der Waals surface area contributed by atoms with Gasteiger partial charge in [0.1, 0.15) is 0 Å². The van der Waals surface area contributed by atoms with Gasteiger partial charge in [-0.2, -0.15) is 0 Å². The number of nitrogens with zero attached hydrogens (tertiary/aromatic N) is 2. The first kappa shape index (κ1) is 17.7. The van der Waals surface area contributed by atoms with Crippen molar-refractivity contribution in [1.29, 1.82) is 0 Å². The minimum Gasteiger partial charge on any atom is -0.376 e. The summed E-state index contributed by atoms with van der Waals surface area (Å²) in [5.41, 5.74) is 0.402. The van der Waals surface area contributed by atoms with Gasteiger partial charge >= 0.3 is 0 Å². The van der Waals surface area contributed by atoms with Gasteiger partial charge in [-0.3, -0.25) is 9.69 Å². The molecule has 0 bridgehead atoms. The molecular formula is C17H33N3O2. The molecule has 0 saturated carbocycles. The normalized spacial score (nSPS) is 24.6. The van der Waals surface area contributed by atoms with Crippen molar-refractivity contribution in [3.8, 4) is 0 Å². The molecule has 5 heteroatoms. The maximum absolute atomic E-state index is 12.0. The second-order valence-electron chi connectivity index (χ2n) is 7.87. The van der Waals surface area contributed by atoms with E-state index in [1.54, 1.807) is 0 Å².